The van der Waals surface area contributed by atoms with Crippen molar-refractivity contribution in [2.75, 3.05) is 43.4 Å². The molecule has 4 rings (SSSR count). The molecule has 1 atom stereocenters. The number of anilines is 2. The molecule has 1 N–H and O–H groups in total. The van der Waals surface area contributed by atoms with Crippen LogP contribution in [0.25, 0.3) is 0 Å². The lowest BCUT2D eigenvalue weighted by Crippen LogP contribution is -2.44. The molecule has 2 aliphatic rings. The number of likely N-dealkylation sites (N-methyl/N-ethyl adjacent to an activating group) is 1. The zero-order chi connectivity index (χ0) is 19.2. The highest BCUT2D eigenvalue weighted by atomic mass is 35.5. The van der Waals surface area contributed by atoms with E-state index in [2.05, 4.69) is 28.2 Å². The summed E-state index contributed by atoms with van der Waals surface area (Å²) in [4.78, 5) is 4.71. The van der Waals surface area contributed by atoms with Gasteiger partial charge in [0, 0.05) is 49.5 Å². The van der Waals surface area contributed by atoms with Gasteiger partial charge in [0.15, 0.2) is 0 Å². The van der Waals surface area contributed by atoms with Gasteiger partial charge < -0.3 is 15.1 Å². The van der Waals surface area contributed by atoms with E-state index in [9.17, 15) is 8.42 Å². The first kappa shape index (κ1) is 18.9. The largest absolute Gasteiger partial charge is 0.369 e. The Balaban J connectivity index is 1.65. The first-order valence-corrected chi connectivity index (χ1v) is 11.2. The maximum absolute atomic E-state index is 13.2. The van der Waals surface area contributed by atoms with E-state index < -0.39 is 15.2 Å². The molecule has 2 aromatic carbocycles. The summed E-state index contributed by atoms with van der Waals surface area (Å²) in [6.07, 6.45) is 0.406. The maximum atomic E-state index is 13.2. The van der Waals surface area contributed by atoms with E-state index in [0.29, 0.717) is 6.42 Å². The molecule has 1 unspecified atom stereocenters. The van der Waals surface area contributed by atoms with Crippen LogP contribution in [-0.2, 0) is 16.3 Å². The van der Waals surface area contributed by atoms with Gasteiger partial charge in [0.05, 0.1) is 14.9 Å². The number of sulfone groups is 1. The molecule has 0 radical (unpaired) electrons. The zero-order valence-corrected chi connectivity index (χ0v) is 17.3. The molecule has 0 amide bonds. The van der Waals surface area contributed by atoms with Crippen LogP contribution in [-0.4, -0.2) is 51.9 Å². The Bertz CT molecular complexity index is 973. The highest BCUT2D eigenvalue weighted by molar-refractivity contribution is 7.92. The van der Waals surface area contributed by atoms with E-state index in [1.807, 2.05) is 12.1 Å². The van der Waals surface area contributed by atoms with Crippen LogP contribution in [0.2, 0.25) is 10.0 Å². The Morgan fingerprint density at radius 3 is 2.48 bits per heavy atom. The minimum Gasteiger partial charge on any atom is -0.369 e. The van der Waals surface area contributed by atoms with E-state index in [-0.39, 0.29) is 14.9 Å². The number of hydrogen-bond donors (Lipinski definition) is 1. The first-order valence-electron chi connectivity index (χ1n) is 8.88. The Labute approximate surface area is 169 Å². The van der Waals surface area contributed by atoms with E-state index in [1.54, 1.807) is 12.1 Å². The van der Waals surface area contributed by atoms with Gasteiger partial charge in [-0.05, 0) is 31.3 Å². The van der Waals surface area contributed by atoms with E-state index in [4.69, 9.17) is 23.2 Å². The van der Waals surface area contributed by atoms with Gasteiger partial charge in [-0.2, -0.15) is 0 Å². The highest BCUT2D eigenvalue weighted by Gasteiger charge is 2.36. The summed E-state index contributed by atoms with van der Waals surface area (Å²) in [5.41, 5.74) is 3.04. The first-order chi connectivity index (χ1) is 12.9. The molecule has 1 fully saturated rings. The van der Waals surface area contributed by atoms with Crippen molar-refractivity contribution in [2.24, 2.45) is 0 Å². The van der Waals surface area contributed by atoms with Crippen molar-refractivity contribution in [3.8, 4) is 0 Å². The lowest BCUT2D eigenvalue weighted by Gasteiger charge is -2.35. The van der Waals surface area contributed by atoms with Gasteiger partial charge in [-0.15, -0.1) is 0 Å². The number of nitrogens with zero attached hydrogens (tertiary/aromatic N) is 2. The quantitative estimate of drug-likeness (QED) is 0.814. The minimum absolute atomic E-state index is 0.0723. The predicted octanol–water partition coefficient (Wildman–Crippen LogP) is 3.51. The molecule has 2 aromatic rings. The molecule has 27 heavy (non-hydrogen) atoms. The predicted molar refractivity (Wildman–Crippen MR) is 111 cm³/mol. The summed E-state index contributed by atoms with van der Waals surface area (Å²) in [5, 5.41) is 2.75. The fraction of sp³-hybridized carbons (Fsp3) is 0.368. The van der Waals surface area contributed by atoms with Crippen LogP contribution in [0.15, 0.2) is 41.3 Å². The van der Waals surface area contributed by atoms with E-state index in [1.165, 1.54) is 6.07 Å². The summed E-state index contributed by atoms with van der Waals surface area (Å²) < 4.78 is 26.4. The standard InChI is InChI=1S/C19H21Cl2N3O2S/c1-23-8-10-24(11-9-23)16-6-3-5-15-13(16)12-18(22-15)27(25,26)17-7-2-4-14(20)19(17)21/h2-7,18,22H,8-12H2,1H3. The lowest BCUT2D eigenvalue weighted by atomic mass is 10.1. The highest BCUT2D eigenvalue weighted by Crippen LogP contribution is 2.39. The SMILES string of the molecule is CN1CCN(c2cccc3c2CC(S(=O)(=O)c2cccc(Cl)c2Cl)N3)CC1. The molecule has 0 aromatic heterocycles. The molecule has 144 valence electrons. The van der Waals surface area contributed by atoms with Gasteiger partial charge in [0.2, 0.25) is 9.84 Å². The van der Waals surface area contributed by atoms with Gasteiger partial charge >= 0.3 is 0 Å². The van der Waals surface area contributed by atoms with Crippen molar-refractivity contribution in [3.63, 3.8) is 0 Å². The second-order valence-electron chi connectivity index (χ2n) is 7.03. The molecule has 0 spiro atoms. The summed E-state index contributed by atoms with van der Waals surface area (Å²) in [6, 6.07) is 10.7. The van der Waals surface area contributed by atoms with Crippen molar-refractivity contribution < 1.29 is 8.42 Å². The molecule has 0 aliphatic carbocycles. The van der Waals surface area contributed by atoms with Crippen LogP contribution in [0.4, 0.5) is 11.4 Å². The average Bonchev–Trinajstić information content (AvgIpc) is 3.10. The molecule has 0 saturated carbocycles. The van der Waals surface area contributed by atoms with Crippen LogP contribution >= 0.6 is 23.2 Å². The number of halogens is 2. The van der Waals surface area contributed by atoms with Crippen LogP contribution in [0.3, 0.4) is 0 Å². The van der Waals surface area contributed by atoms with Crippen molar-refractivity contribution >= 4 is 44.4 Å². The molecule has 2 heterocycles. The second-order valence-corrected chi connectivity index (χ2v) is 9.91. The second kappa shape index (κ2) is 7.17. The van der Waals surface area contributed by atoms with E-state index in [0.717, 1.165) is 43.1 Å². The topological polar surface area (TPSA) is 52.7 Å². The Kier molecular flexibility index (Phi) is 5.01. The number of rotatable bonds is 3. The molecular weight excluding hydrogens is 405 g/mol. The minimum atomic E-state index is -3.67. The summed E-state index contributed by atoms with van der Waals surface area (Å²) >= 11 is 12.2. The van der Waals surface area contributed by atoms with Gasteiger partial charge in [0.1, 0.15) is 5.37 Å². The maximum Gasteiger partial charge on any atom is 0.201 e. The Morgan fingerprint density at radius 1 is 1.04 bits per heavy atom. The number of hydrogen-bond acceptors (Lipinski definition) is 5. The average molecular weight is 426 g/mol. The van der Waals surface area contributed by atoms with Gasteiger partial charge in [-0.1, -0.05) is 35.3 Å². The summed E-state index contributed by atoms with van der Waals surface area (Å²) in [7, 11) is -1.55. The molecule has 8 heteroatoms. The Morgan fingerprint density at radius 2 is 1.74 bits per heavy atom. The molecule has 0 bridgehead atoms. The molecule has 2 aliphatic heterocycles. The van der Waals surface area contributed by atoms with Crippen molar-refractivity contribution in [2.45, 2.75) is 16.7 Å². The summed E-state index contributed by atoms with van der Waals surface area (Å²) in [5.74, 6) is 0. The number of fused-ring (bicyclic) bond motifs is 1. The summed E-state index contributed by atoms with van der Waals surface area (Å²) in [6.45, 7) is 3.86. The van der Waals surface area contributed by atoms with Crippen molar-refractivity contribution in [3.05, 3.63) is 52.0 Å². The Hall–Kier alpha value is -1.47. The van der Waals surface area contributed by atoms with Gasteiger partial charge in [-0.3, -0.25) is 0 Å². The van der Waals surface area contributed by atoms with Crippen LogP contribution in [0, 0.1) is 0 Å². The molecule has 1 saturated heterocycles. The normalized spacial score (nSPS) is 20.4. The van der Waals surface area contributed by atoms with Crippen LogP contribution in [0.1, 0.15) is 5.56 Å². The number of piperazine rings is 1. The third kappa shape index (κ3) is 3.40. The fourth-order valence-corrected chi connectivity index (χ4v) is 6.00. The van der Waals surface area contributed by atoms with Crippen molar-refractivity contribution in [1.82, 2.24) is 4.90 Å². The number of benzene rings is 2. The van der Waals surface area contributed by atoms with Crippen LogP contribution in [0.5, 0.6) is 0 Å². The zero-order valence-electron chi connectivity index (χ0n) is 15.0. The smallest absolute Gasteiger partial charge is 0.201 e. The third-order valence-corrected chi connectivity index (χ3v) is 8.22. The fourth-order valence-electron chi connectivity index (χ4n) is 3.72. The lowest BCUT2D eigenvalue weighted by molar-refractivity contribution is 0.312. The monoisotopic (exact) mass is 425 g/mol. The van der Waals surface area contributed by atoms with Crippen LogP contribution < -0.4 is 10.2 Å². The number of nitrogens with one attached hydrogen (secondary N) is 1. The molecular formula is C19H21Cl2N3O2S. The third-order valence-electron chi connectivity index (χ3n) is 5.30. The molecule has 5 nitrogen and oxygen atoms in total. The van der Waals surface area contributed by atoms with Gasteiger partial charge in [0.25, 0.3) is 0 Å². The van der Waals surface area contributed by atoms with E-state index >= 15 is 0 Å². The van der Waals surface area contributed by atoms with Crippen molar-refractivity contribution in [1.29, 1.82) is 0 Å². The van der Waals surface area contributed by atoms with Gasteiger partial charge in [-0.25, -0.2) is 8.42 Å².